The number of carbonyl (C=O) groups excluding carboxylic acids is 2. The predicted molar refractivity (Wildman–Crippen MR) is 134 cm³/mol. The van der Waals surface area contributed by atoms with Gasteiger partial charge in [-0.1, -0.05) is 93.6 Å². The zero-order valence-corrected chi connectivity index (χ0v) is 21.6. The quantitative estimate of drug-likeness (QED) is 0.360. The van der Waals surface area contributed by atoms with Gasteiger partial charge in [0.1, 0.15) is 6.10 Å². The standard InChI is InChI=1S/C28H34O5Si/c1-19-23-17-16-20(24(26(29)31-5)25(23)27(30)33-19)18-32-34(28(2,3)4,21-12-8-6-9-13-21)22-14-10-7-11-15-22/h6-17,19-20,23-25H,18H2,1-5H3/t19-,20+,23-,24-,25+/m0/s1. The van der Waals surface area contributed by atoms with E-state index in [1.54, 1.807) is 0 Å². The zero-order valence-electron chi connectivity index (χ0n) is 20.6. The van der Waals surface area contributed by atoms with E-state index in [0.29, 0.717) is 6.61 Å². The van der Waals surface area contributed by atoms with Crippen molar-refractivity contribution in [2.75, 3.05) is 13.7 Å². The third kappa shape index (κ3) is 4.14. The molecular formula is C28H34O5Si. The first-order valence-corrected chi connectivity index (χ1v) is 13.8. The number of cyclic esters (lactones) is 1. The SMILES string of the molecule is COC(=O)[C@@H]1[C@@H]2C(=O)O[C@@H](C)[C@@H]2C=C[C@@H]1CO[Si](c1ccccc1)(c1ccccc1)C(C)(C)C. The molecule has 1 heterocycles. The van der Waals surface area contributed by atoms with Gasteiger partial charge < -0.3 is 13.9 Å². The number of fused-ring (bicyclic) bond motifs is 1. The Bertz CT molecular complexity index is 1000. The summed E-state index contributed by atoms with van der Waals surface area (Å²) in [5, 5.41) is 2.17. The van der Waals surface area contributed by atoms with Crippen molar-refractivity contribution >= 4 is 30.6 Å². The van der Waals surface area contributed by atoms with Crippen LogP contribution in [0.1, 0.15) is 27.7 Å². The fourth-order valence-electron chi connectivity index (χ4n) is 5.71. The van der Waals surface area contributed by atoms with Crippen molar-refractivity contribution in [3.8, 4) is 0 Å². The van der Waals surface area contributed by atoms with Crippen LogP contribution in [0.2, 0.25) is 5.04 Å². The van der Waals surface area contributed by atoms with Gasteiger partial charge in [0.15, 0.2) is 0 Å². The lowest BCUT2D eigenvalue weighted by atomic mass is 9.70. The van der Waals surface area contributed by atoms with Crippen LogP contribution in [-0.2, 0) is 23.5 Å². The topological polar surface area (TPSA) is 61.8 Å². The maximum Gasteiger partial charge on any atom is 0.310 e. The van der Waals surface area contributed by atoms with Crippen LogP contribution in [-0.4, -0.2) is 40.1 Å². The molecule has 34 heavy (non-hydrogen) atoms. The third-order valence-electron chi connectivity index (χ3n) is 7.34. The van der Waals surface area contributed by atoms with E-state index in [9.17, 15) is 9.59 Å². The van der Waals surface area contributed by atoms with Crippen LogP contribution < -0.4 is 10.4 Å². The molecule has 0 aromatic heterocycles. The Hall–Kier alpha value is -2.70. The van der Waals surface area contributed by atoms with Gasteiger partial charge in [0.05, 0.1) is 18.9 Å². The van der Waals surface area contributed by atoms with Crippen LogP contribution in [0, 0.1) is 23.7 Å². The summed E-state index contributed by atoms with van der Waals surface area (Å²) >= 11 is 0. The van der Waals surface area contributed by atoms with Crippen molar-refractivity contribution in [2.45, 2.75) is 38.8 Å². The molecule has 1 fully saturated rings. The first-order valence-electron chi connectivity index (χ1n) is 11.9. The molecule has 180 valence electrons. The summed E-state index contributed by atoms with van der Waals surface area (Å²) in [6, 6.07) is 20.8. The van der Waals surface area contributed by atoms with Crippen LogP contribution in [0.25, 0.3) is 0 Å². The van der Waals surface area contributed by atoms with Gasteiger partial charge in [-0.2, -0.15) is 0 Å². The highest BCUT2D eigenvalue weighted by atomic mass is 28.4. The monoisotopic (exact) mass is 478 g/mol. The highest BCUT2D eigenvalue weighted by Crippen LogP contribution is 2.44. The number of rotatable bonds is 6. The number of carbonyl (C=O) groups is 2. The van der Waals surface area contributed by atoms with E-state index in [4.69, 9.17) is 13.9 Å². The lowest BCUT2D eigenvalue weighted by molar-refractivity contribution is -0.157. The molecule has 0 spiro atoms. The maximum absolute atomic E-state index is 12.9. The van der Waals surface area contributed by atoms with Gasteiger partial charge in [-0.15, -0.1) is 0 Å². The Kier molecular flexibility index (Phi) is 6.83. The molecule has 4 rings (SSSR count). The summed E-state index contributed by atoms with van der Waals surface area (Å²) in [4.78, 5) is 25.6. The lowest BCUT2D eigenvalue weighted by Gasteiger charge is -2.44. The number of ether oxygens (including phenoxy) is 2. The second-order valence-corrected chi connectivity index (χ2v) is 14.6. The summed E-state index contributed by atoms with van der Waals surface area (Å²) < 4.78 is 17.7. The number of hydrogen-bond acceptors (Lipinski definition) is 5. The Balaban J connectivity index is 1.76. The molecule has 2 aromatic carbocycles. The number of hydrogen-bond donors (Lipinski definition) is 0. The Labute approximate surface area is 203 Å². The van der Waals surface area contributed by atoms with Gasteiger partial charge in [-0.25, -0.2) is 0 Å². The summed E-state index contributed by atoms with van der Waals surface area (Å²) in [5.74, 6) is -2.29. The fourth-order valence-corrected chi connectivity index (χ4v) is 10.3. The Morgan fingerprint density at radius 2 is 1.53 bits per heavy atom. The van der Waals surface area contributed by atoms with E-state index in [1.165, 1.54) is 17.5 Å². The van der Waals surface area contributed by atoms with Gasteiger partial charge in [0.25, 0.3) is 8.32 Å². The van der Waals surface area contributed by atoms with Gasteiger partial charge in [-0.3, -0.25) is 9.59 Å². The third-order valence-corrected chi connectivity index (χ3v) is 12.3. The van der Waals surface area contributed by atoms with E-state index in [0.717, 1.165) is 0 Å². The van der Waals surface area contributed by atoms with Crippen molar-refractivity contribution in [2.24, 2.45) is 23.7 Å². The molecule has 0 N–H and O–H groups in total. The minimum absolute atomic E-state index is 0.124. The predicted octanol–water partition coefficient (Wildman–Crippen LogP) is 3.72. The molecule has 0 bridgehead atoms. The van der Waals surface area contributed by atoms with Crippen molar-refractivity contribution in [3.05, 3.63) is 72.8 Å². The summed E-state index contributed by atoms with van der Waals surface area (Å²) in [6.07, 6.45) is 3.80. The molecule has 1 aliphatic carbocycles. The second kappa shape index (κ2) is 9.51. The lowest BCUT2D eigenvalue weighted by Crippen LogP contribution is -2.67. The summed E-state index contributed by atoms with van der Waals surface area (Å²) in [5.41, 5.74) is 0. The molecule has 0 radical (unpaired) electrons. The molecule has 6 heteroatoms. The van der Waals surface area contributed by atoms with E-state index >= 15 is 0 Å². The first kappa shape index (κ1) is 24.4. The highest BCUT2D eigenvalue weighted by molar-refractivity contribution is 6.99. The molecule has 1 aliphatic heterocycles. The molecule has 5 nitrogen and oxygen atoms in total. The smallest absolute Gasteiger partial charge is 0.310 e. The van der Waals surface area contributed by atoms with Crippen LogP contribution in [0.15, 0.2) is 72.8 Å². The largest absolute Gasteiger partial charge is 0.469 e. The maximum atomic E-state index is 12.9. The highest BCUT2D eigenvalue weighted by Gasteiger charge is 2.55. The minimum Gasteiger partial charge on any atom is -0.469 e. The number of benzene rings is 2. The molecule has 2 aliphatic rings. The van der Waals surface area contributed by atoms with Gasteiger partial charge >= 0.3 is 11.9 Å². The van der Waals surface area contributed by atoms with Crippen molar-refractivity contribution in [1.82, 2.24) is 0 Å². The average Bonchev–Trinajstić information content (AvgIpc) is 3.12. The van der Waals surface area contributed by atoms with Gasteiger partial charge in [-0.05, 0) is 22.3 Å². The van der Waals surface area contributed by atoms with Gasteiger partial charge in [0, 0.05) is 18.4 Å². The van der Waals surface area contributed by atoms with E-state index in [-0.39, 0.29) is 34.9 Å². The number of esters is 2. The molecular weight excluding hydrogens is 444 g/mol. The van der Waals surface area contributed by atoms with Crippen LogP contribution >= 0.6 is 0 Å². The Morgan fingerprint density at radius 3 is 2.03 bits per heavy atom. The van der Waals surface area contributed by atoms with E-state index in [1.807, 2.05) is 55.5 Å². The molecule has 0 unspecified atom stereocenters. The summed E-state index contributed by atoms with van der Waals surface area (Å²) in [7, 11) is -1.40. The second-order valence-electron chi connectivity index (χ2n) is 10.3. The van der Waals surface area contributed by atoms with Crippen LogP contribution in [0.4, 0.5) is 0 Å². The zero-order chi connectivity index (χ0) is 24.5. The fraction of sp³-hybridized carbons (Fsp3) is 0.429. The molecule has 2 aromatic rings. The van der Waals surface area contributed by atoms with Crippen molar-refractivity contribution in [1.29, 1.82) is 0 Å². The van der Waals surface area contributed by atoms with Gasteiger partial charge in [0.2, 0.25) is 0 Å². The van der Waals surface area contributed by atoms with E-state index < -0.39 is 20.2 Å². The van der Waals surface area contributed by atoms with Crippen LogP contribution in [0.3, 0.4) is 0 Å². The van der Waals surface area contributed by atoms with Crippen LogP contribution in [0.5, 0.6) is 0 Å². The van der Waals surface area contributed by atoms with E-state index in [2.05, 4.69) is 45.0 Å². The molecule has 1 saturated heterocycles. The number of methoxy groups -OCH3 is 1. The minimum atomic E-state index is -2.77. The van der Waals surface area contributed by atoms with Crippen molar-refractivity contribution < 1.29 is 23.5 Å². The molecule has 5 atom stereocenters. The average molecular weight is 479 g/mol. The van der Waals surface area contributed by atoms with Crippen molar-refractivity contribution in [3.63, 3.8) is 0 Å². The summed E-state index contributed by atoms with van der Waals surface area (Å²) in [6.45, 7) is 8.86. The normalized spacial score (nSPS) is 26.6. The Morgan fingerprint density at radius 1 is 0.971 bits per heavy atom. The molecule has 0 saturated carbocycles. The molecule has 0 amide bonds. The first-order chi connectivity index (χ1) is 16.2.